The van der Waals surface area contributed by atoms with Crippen LogP contribution in [0, 0.1) is 5.41 Å². The van der Waals surface area contributed by atoms with Gasteiger partial charge in [-0.2, -0.15) is 13.2 Å². The molecule has 1 saturated carbocycles. The molecule has 21 heavy (non-hydrogen) atoms. The molecule has 0 amide bonds. The first-order valence-corrected chi connectivity index (χ1v) is 7.70. The van der Waals surface area contributed by atoms with Crippen LogP contribution in [0.2, 0.25) is 0 Å². The predicted octanol–water partition coefficient (Wildman–Crippen LogP) is 2.79. The number of alkyl halides is 3. The molecule has 0 aliphatic heterocycles. The lowest BCUT2D eigenvalue weighted by Crippen LogP contribution is -2.49. The van der Waals surface area contributed by atoms with E-state index in [1.54, 1.807) is 0 Å². The quantitative estimate of drug-likeness (QED) is 0.759. The molecule has 1 aliphatic carbocycles. The summed E-state index contributed by atoms with van der Waals surface area (Å²) in [7, 11) is 0. The van der Waals surface area contributed by atoms with Gasteiger partial charge < -0.3 is 10.4 Å². The third kappa shape index (κ3) is 7.47. The van der Waals surface area contributed by atoms with Crippen molar-refractivity contribution >= 4 is 0 Å². The van der Waals surface area contributed by atoms with Crippen molar-refractivity contribution in [2.75, 3.05) is 32.8 Å². The largest absolute Gasteiger partial charge is 0.401 e. The zero-order valence-corrected chi connectivity index (χ0v) is 13.4. The molecule has 126 valence electrons. The fraction of sp³-hybridized carbons (Fsp3) is 1.00. The Balaban J connectivity index is 2.69. The molecule has 2 N–H and O–H groups in total. The van der Waals surface area contributed by atoms with Crippen molar-refractivity contribution in [2.24, 2.45) is 5.41 Å². The number of hydrogen-bond donors (Lipinski definition) is 2. The van der Waals surface area contributed by atoms with E-state index in [4.69, 9.17) is 5.11 Å². The van der Waals surface area contributed by atoms with Gasteiger partial charge in [0.1, 0.15) is 0 Å². The van der Waals surface area contributed by atoms with E-state index in [1.165, 1.54) is 4.90 Å². The van der Waals surface area contributed by atoms with E-state index in [9.17, 15) is 13.2 Å². The van der Waals surface area contributed by atoms with Gasteiger partial charge in [-0.05, 0) is 39.0 Å². The molecule has 0 bridgehead atoms. The number of aliphatic hydroxyl groups is 1. The molecule has 0 spiro atoms. The van der Waals surface area contributed by atoms with Gasteiger partial charge in [-0.25, -0.2) is 0 Å². The summed E-state index contributed by atoms with van der Waals surface area (Å²) in [5, 5.41) is 12.5. The fourth-order valence-corrected chi connectivity index (χ4v) is 3.05. The maximum atomic E-state index is 12.7. The normalized spacial score (nSPS) is 19.4. The van der Waals surface area contributed by atoms with Crippen LogP contribution >= 0.6 is 0 Å². The highest BCUT2D eigenvalue weighted by Gasteiger charge is 2.39. The molecule has 0 aromatic heterocycles. The summed E-state index contributed by atoms with van der Waals surface area (Å²) in [5.74, 6) is 0. The number of hydrogen-bond acceptors (Lipinski definition) is 3. The molecule has 1 aliphatic rings. The molecule has 0 radical (unpaired) electrons. The number of nitrogens with one attached hydrogen (secondary N) is 1. The van der Waals surface area contributed by atoms with Crippen molar-refractivity contribution in [3.63, 3.8) is 0 Å². The van der Waals surface area contributed by atoms with Gasteiger partial charge in [0.2, 0.25) is 0 Å². The Bertz CT molecular complexity index is 307. The van der Waals surface area contributed by atoms with Crippen LogP contribution in [0.4, 0.5) is 13.2 Å². The van der Waals surface area contributed by atoms with E-state index in [1.807, 2.05) is 0 Å². The number of nitrogens with zero attached hydrogens (tertiary/aromatic N) is 1. The van der Waals surface area contributed by atoms with Gasteiger partial charge in [-0.15, -0.1) is 0 Å². The van der Waals surface area contributed by atoms with E-state index < -0.39 is 12.7 Å². The standard InChI is InChI=1S/C15H29F3N2O/c1-13(2,3)19-10-14(6-4-5-7-14)11-20(8-9-21)12-15(16,17)18/h19,21H,4-12H2,1-3H3. The molecule has 6 heteroatoms. The van der Waals surface area contributed by atoms with E-state index >= 15 is 0 Å². The van der Waals surface area contributed by atoms with Gasteiger partial charge in [0.15, 0.2) is 0 Å². The van der Waals surface area contributed by atoms with Crippen molar-refractivity contribution in [1.82, 2.24) is 10.2 Å². The van der Waals surface area contributed by atoms with Crippen molar-refractivity contribution in [3.05, 3.63) is 0 Å². The molecular formula is C15H29F3N2O. The second kappa shape index (κ2) is 7.29. The molecule has 0 atom stereocenters. The highest BCUT2D eigenvalue weighted by Crippen LogP contribution is 2.39. The summed E-state index contributed by atoms with van der Waals surface area (Å²) in [6.45, 7) is 6.23. The number of rotatable bonds is 7. The second-order valence-corrected chi connectivity index (χ2v) is 7.36. The Morgan fingerprint density at radius 1 is 1.14 bits per heavy atom. The Hall–Kier alpha value is -0.330. The van der Waals surface area contributed by atoms with Gasteiger partial charge in [-0.1, -0.05) is 12.8 Å². The summed E-state index contributed by atoms with van der Waals surface area (Å²) in [4.78, 5) is 1.36. The topological polar surface area (TPSA) is 35.5 Å². The SMILES string of the molecule is CC(C)(C)NCC1(CN(CCO)CC(F)(F)F)CCCC1. The molecule has 0 aromatic carbocycles. The summed E-state index contributed by atoms with van der Waals surface area (Å²) >= 11 is 0. The summed E-state index contributed by atoms with van der Waals surface area (Å²) in [6, 6.07) is 0. The van der Waals surface area contributed by atoms with E-state index in [0.29, 0.717) is 6.54 Å². The average molecular weight is 310 g/mol. The Morgan fingerprint density at radius 3 is 2.14 bits per heavy atom. The van der Waals surface area contributed by atoms with Crippen molar-refractivity contribution in [2.45, 2.75) is 58.2 Å². The Kier molecular flexibility index (Phi) is 6.50. The molecular weight excluding hydrogens is 281 g/mol. The minimum Gasteiger partial charge on any atom is -0.395 e. The highest BCUT2D eigenvalue weighted by molar-refractivity contribution is 4.91. The first-order chi connectivity index (χ1) is 9.55. The van der Waals surface area contributed by atoms with E-state index in [-0.39, 0.29) is 24.1 Å². The molecule has 1 fully saturated rings. The summed E-state index contributed by atoms with van der Waals surface area (Å²) < 4.78 is 38.0. The highest BCUT2D eigenvalue weighted by atomic mass is 19.4. The number of aliphatic hydroxyl groups excluding tert-OH is 1. The van der Waals surface area contributed by atoms with Gasteiger partial charge in [0, 0.05) is 25.2 Å². The first-order valence-electron chi connectivity index (χ1n) is 7.70. The van der Waals surface area contributed by atoms with Gasteiger partial charge in [0.25, 0.3) is 0 Å². The van der Waals surface area contributed by atoms with Gasteiger partial charge in [0.05, 0.1) is 13.2 Å². The first kappa shape index (κ1) is 18.7. The van der Waals surface area contributed by atoms with E-state index in [0.717, 1.165) is 32.2 Å². The second-order valence-electron chi connectivity index (χ2n) is 7.36. The van der Waals surface area contributed by atoms with Gasteiger partial charge in [-0.3, -0.25) is 4.90 Å². The monoisotopic (exact) mass is 310 g/mol. The lowest BCUT2D eigenvalue weighted by molar-refractivity contribution is -0.150. The van der Waals surface area contributed by atoms with Crippen LogP contribution in [-0.2, 0) is 0 Å². The third-order valence-corrected chi connectivity index (χ3v) is 4.04. The van der Waals surface area contributed by atoms with Crippen molar-refractivity contribution in [1.29, 1.82) is 0 Å². The maximum Gasteiger partial charge on any atom is 0.401 e. The summed E-state index contributed by atoms with van der Waals surface area (Å²) in [5.41, 5.74) is -0.144. The van der Waals surface area contributed by atoms with Crippen LogP contribution in [0.15, 0.2) is 0 Å². The van der Waals surface area contributed by atoms with Crippen LogP contribution < -0.4 is 5.32 Å². The van der Waals surface area contributed by atoms with Crippen LogP contribution in [0.1, 0.15) is 46.5 Å². The lowest BCUT2D eigenvalue weighted by atomic mass is 9.84. The number of halogens is 3. The fourth-order valence-electron chi connectivity index (χ4n) is 3.05. The molecule has 0 aromatic rings. The van der Waals surface area contributed by atoms with Crippen LogP contribution in [0.25, 0.3) is 0 Å². The third-order valence-electron chi connectivity index (χ3n) is 4.04. The lowest BCUT2D eigenvalue weighted by Gasteiger charge is -2.38. The zero-order valence-electron chi connectivity index (χ0n) is 13.4. The molecule has 1 rings (SSSR count). The predicted molar refractivity (Wildman–Crippen MR) is 78.2 cm³/mol. The smallest absolute Gasteiger partial charge is 0.395 e. The molecule has 0 unspecified atom stereocenters. The Morgan fingerprint density at radius 2 is 1.71 bits per heavy atom. The van der Waals surface area contributed by atoms with Crippen LogP contribution in [0.5, 0.6) is 0 Å². The summed E-state index contributed by atoms with van der Waals surface area (Å²) in [6.07, 6.45) is -0.159. The van der Waals surface area contributed by atoms with Crippen LogP contribution in [-0.4, -0.2) is 54.5 Å². The molecule has 3 nitrogen and oxygen atoms in total. The van der Waals surface area contributed by atoms with Crippen molar-refractivity contribution in [3.8, 4) is 0 Å². The Labute approximate surface area is 125 Å². The molecule has 0 heterocycles. The molecule has 0 saturated heterocycles. The average Bonchev–Trinajstić information content (AvgIpc) is 2.73. The minimum atomic E-state index is -4.22. The zero-order chi connectivity index (χ0) is 16.1. The van der Waals surface area contributed by atoms with Crippen LogP contribution in [0.3, 0.4) is 0 Å². The maximum absolute atomic E-state index is 12.7. The van der Waals surface area contributed by atoms with Crippen molar-refractivity contribution < 1.29 is 18.3 Å². The minimum absolute atomic E-state index is 0.0403. The van der Waals surface area contributed by atoms with Gasteiger partial charge >= 0.3 is 6.18 Å². The van der Waals surface area contributed by atoms with E-state index in [2.05, 4.69) is 26.1 Å².